The van der Waals surface area contributed by atoms with Crippen molar-refractivity contribution in [3.8, 4) is 0 Å². The molecule has 3 nitrogen and oxygen atoms in total. The third-order valence-corrected chi connectivity index (χ3v) is 4.07. The number of aryl methyl sites for hydroxylation is 1. The second-order valence-corrected chi connectivity index (χ2v) is 5.47. The summed E-state index contributed by atoms with van der Waals surface area (Å²) in [5.41, 5.74) is 0.707. The molecule has 1 aromatic rings. The lowest BCUT2D eigenvalue weighted by atomic mass is 9.93. The van der Waals surface area contributed by atoms with Gasteiger partial charge in [-0.3, -0.25) is 4.79 Å². The lowest BCUT2D eigenvalue weighted by Gasteiger charge is -2.34. The summed E-state index contributed by atoms with van der Waals surface area (Å²) < 4.78 is 5.37. The summed E-state index contributed by atoms with van der Waals surface area (Å²) in [6.07, 6.45) is 8.25. The zero-order valence-corrected chi connectivity index (χ0v) is 12.3. The van der Waals surface area contributed by atoms with Gasteiger partial charge in [-0.1, -0.05) is 26.2 Å². The van der Waals surface area contributed by atoms with Crippen LogP contribution in [0.3, 0.4) is 0 Å². The molecule has 0 bridgehead atoms. The van der Waals surface area contributed by atoms with E-state index in [9.17, 15) is 4.79 Å². The Hall–Kier alpha value is -0.960. The number of carbonyl (C=O) groups excluding carboxylic acids is 1. The van der Waals surface area contributed by atoms with Crippen LogP contribution in [-0.4, -0.2) is 29.3 Å². The van der Waals surface area contributed by atoms with Crippen molar-refractivity contribution in [3.05, 3.63) is 23.7 Å². The molecule has 2 rings (SSSR count). The molecule has 1 amide bonds. The van der Waals surface area contributed by atoms with Crippen LogP contribution in [0.5, 0.6) is 0 Å². The topological polar surface area (TPSA) is 33.5 Å². The second kappa shape index (κ2) is 6.99. The van der Waals surface area contributed by atoms with Crippen LogP contribution < -0.4 is 0 Å². The van der Waals surface area contributed by atoms with Gasteiger partial charge in [0, 0.05) is 24.9 Å². The van der Waals surface area contributed by atoms with Crippen LogP contribution in [0.1, 0.15) is 55.1 Å². The first-order valence-electron chi connectivity index (χ1n) is 7.21. The van der Waals surface area contributed by atoms with Gasteiger partial charge in [0.1, 0.15) is 5.76 Å². The first kappa shape index (κ1) is 14.4. The third-order valence-electron chi connectivity index (χ3n) is 3.90. The third kappa shape index (κ3) is 3.33. The monoisotopic (exact) mass is 283 g/mol. The van der Waals surface area contributed by atoms with E-state index in [1.165, 1.54) is 19.3 Å². The Bertz CT molecular complexity index is 410. The van der Waals surface area contributed by atoms with Crippen molar-refractivity contribution < 1.29 is 9.21 Å². The van der Waals surface area contributed by atoms with Crippen molar-refractivity contribution >= 4 is 17.5 Å². The summed E-state index contributed by atoms with van der Waals surface area (Å²) in [6.45, 7) is 2.63. The molecule has 1 fully saturated rings. The number of halogens is 1. The maximum atomic E-state index is 12.7. The van der Waals surface area contributed by atoms with Gasteiger partial charge in [0.2, 0.25) is 0 Å². The molecule has 1 aliphatic carbocycles. The van der Waals surface area contributed by atoms with E-state index in [-0.39, 0.29) is 5.91 Å². The molecule has 1 aromatic heterocycles. The quantitative estimate of drug-likeness (QED) is 0.769. The Balaban J connectivity index is 2.15. The van der Waals surface area contributed by atoms with Gasteiger partial charge in [-0.2, -0.15) is 0 Å². The smallest absolute Gasteiger partial charge is 0.257 e. The van der Waals surface area contributed by atoms with E-state index in [4.69, 9.17) is 16.0 Å². The molecule has 0 unspecified atom stereocenters. The normalized spacial score (nSPS) is 16.5. The van der Waals surface area contributed by atoms with Crippen molar-refractivity contribution in [3.63, 3.8) is 0 Å². The SMILES string of the molecule is CCc1occc1C(=O)N(CCCl)C1CCCCC1. The first-order valence-corrected chi connectivity index (χ1v) is 7.74. The van der Waals surface area contributed by atoms with Crippen LogP contribution in [-0.2, 0) is 6.42 Å². The molecule has 0 atom stereocenters. The minimum atomic E-state index is 0.0816. The summed E-state index contributed by atoms with van der Waals surface area (Å²) >= 11 is 5.88. The molecule has 1 saturated carbocycles. The molecule has 1 heterocycles. The van der Waals surface area contributed by atoms with Gasteiger partial charge in [0.05, 0.1) is 11.8 Å². The van der Waals surface area contributed by atoms with Crippen LogP contribution in [0.4, 0.5) is 0 Å². The standard InChI is InChI=1S/C15H22ClNO2/c1-2-14-13(8-11-19-14)15(18)17(10-9-16)12-6-4-3-5-7-12/h8,11-12H,2-7,9-10H2,1H3. The van der Waals surface area contributed by atoms with Gasteiger partial charge in [-0.25, -0.2) is 0 Å². The fourth-order valence-electron chi connectivity index (χ4n) is 2.89. The number of hydrogen-bond acceptors (Lipinski definition) is 2. The lowest BCUT2D eigenvalue weighted by molar-refractivity contribution is 0.0647. The van der Waals surface area contributed by atoms with Gasteiger partial charge in [-0.05, 0) is 18.9 Å². The summed E-state index contributed by atoms with van der Waals surface area (Å²) in [4.78, 5) is 14.6. The molecule has 0 aromatic carbocycles. The predicted molar refractivity (Wildman–Crippen MR) is 76.7 cm³/mol. The van der Waals surface area contributed by atoms with Gasteiger partial charge in [0.15, 0.2) is 0 Å². The summed E-state index contributed by atoms with van der Waals surface area (Å²) in [5.74, 6) is 1.35. The average molecular weight is 284 g/mol. The molecule has 1 aliphatic rings. The zero-order chi connectivity index (χ0) is 13.7. The van der Waals surface area contributed by atoms with Crippen LogP contribution >= 0.6 is 11.6 Å². The first-order chi connectivity index (χ1) is 9.27. The van der Waals surface area contributed by atoms with Gasteiger partial charge in [-0.15, -0.1) is 11.6 Å². The number of nitrogens with zero attached hydrogens (tertiary/aromatic N) is 1. The number of rotatable bonds is 5. The van der Waals surface area contributed by atoms with Crippen molar-refractivity contribution in [1.82, 2.24) is 4.90 Å². The zero-order valence-electron chi connectivity index (χ0n) is 11.5. The van der Waals surface area contributed by atoms with Crippen molar-refractivity contribution in [2.45, 2.75) is 51.5 Å². The molecule has 0 N–H and O–H groups in total. The number of hydrogen-bond donors (Lipinski definition) is 0. The Kier molecular flexibility index (Phi) is 5.32. The highest BCUT2D eigenvalue weighted by molar-refractivity contribution is 6.18. The van der Waals surface area contributed by atoms with Crippen LogP contribution in [0.25, 0.3) is 0 Å². The maximum Gasteiger partial charge on any atom is 0.257 e. The van der Waals surface area contributed by atoms with Gasteiger partial charge >= 0.3 is 0 Å². The fourth-order valence-corrected chi connectivity index (χ4v) is 3.08. The van der Waals surface area contributed by atoms with E-state index >= 15 is 0 Å². The van der Waals surface area contributed by atoms with E-state index in [0.717, 1.165) is 25.0 Å². The van der Waals surface area contributed by atoms with Crippen molar-refractivity contribution in [2.75, 3.05) is 12.4 Å². The summed E-state index contributed by atoms with van der Waals surface area (Å²) in [5, 5.41) is 0. The van der Waals surface area contributed by atoms with Gasteiger partial charge < -0.3 is 9.32 Å². The minimum Gasteiger partial charge on any atom is -0.469 e. The second-order valence-electron chi connectivity index (χ2n) is 5.09. The number of furan rings is 1. The Morgan fingerprint density at radius 2 is 2.16 bits per heavy atom. The van der Waals surface area contributed by atoms with E-state index < -0.39 is 0 Å². The molecule has 0 saturated heterocycles. The van der Waals surface area contributed by atoms with E-state index in [2.05, 4.69) is 0 Å². The van der Waals surface area contributed by atoms with Gasteiger partial charge in [0.25, 0.3) is 5.91 Å². The average Bonchev–Trinajstić information content (AvgIpc) is 2.93. The fraction of sp³-hybridized carbons (Fsp3) is 0.667. The highest BCUT2D eigenvalue weighted by Gasteiger charge is 2.27. The molecule has 0 aliphatic heterocycles. The molecular weight excluding hydrogens is 262 g/mol. The highest BCUT2D eigenvalue weighted by Crippen LogP contribution is 2.25. The van der Waals surface area contributed by atoms with E-state index in [1.807, 2.05) is 11.8 Å². The Morgan fingerprint density at radius 3 is 2.79 bits per heavy atom. The predicted octanol–water partition coefficient (Wildman–Crippen LogP) is 3.86. The Labute approximate surface area is 119 Å². The number of alkyl halides is 1. The minimum absolute atomic E-state index is 0.0816. The van der Waals surface area contributed by atoms with Crippen LogP contribution in [0, 0.1) is 0 Å². The van der Waals surface area contributed by atoms with Crippen molar-refractivity contribution in [1.29, 1.82) is 0 Å². The maximum absolute atomic E-state index is 12.7. The van der Waals surface area contributed by atoms with Crippen molar-refractivity contribution in [2.24, 2.45) is 0 Å². The number of carbonyl (C=O) groups is 1. The van der Waals surface area contributed by atoms with E-state index in [0.29, 0.717) is 24.0 Å². The number of amides is 1. The van der Waals surface area contributed by atoms with Crippen LogP contribution in [0.2, 0.25) is 0 Å². The molecule has 4 heteroatoms. The molecular formula is C15H22ClNO2. The lowest BCUT2D eigenvalue weighted by Crippen LogP contribution is -2.42. The van der Waals surface area contributed by atoms with Crippen LogP contribution in [0.15, 0.2) is 16.7 Å². The molecule has 19 heavy (non-hydrogen) atoms. The highest BCUT2D eigenvalue weighted by atomic mass is 35.5. The largest absolute Gasteiger partial charge is 0.469 e. The Morgan fingerprint density at radius 1 is 1.42 bits per heavy atom. The molecule has 106 valence electrons. The molecule has 0 spiro atoms. The summed E-state index contributed by atoms with van der Waals surface area (Å²) in [7, 11) is 0. The van der Waals surface area contributed by atoms with E-state index in [1.54, 1.807) is 12.3 Å². The molecule has 0 radical (unpaired) electrons. The summed E-state index contributed by atoms with van der Waals surface area (Å²) in [6, 6.07) is 2.13.